The predicted octanol–water partition coefficient (Wildman–Crippen LogP) is 1.18. The smallest absolute Gasteiger partial charge is 0.290 e. The summed E-state index contributed by atoms with van der Waals surface area (Å²) in [5.41, 5.74) is 0. The highest BCUT2D eigenvalue weighted by Crippen LogP contribution is 2.27. The molecule has 5 nitrogen and oxygen atoms in total. The van der Waals surface area contributed by atoms with Gasteiger partial charge in [0.25, 0.3) is 6.47 Å². The minimum Gasteiger partial charge on any atom is -0.483 e. The standard InChI is InChI=1S/C11H12BN3S.CH2O2/c12-9-6-8-10(13-7-14-11(8)16-9)15-4-2-1-3-5-15;2-1-3/h6-7H,1-5H2;1H,(H,2,3). The van der Waals surface area contributed by atoms with Gasteiger partial charge in [-0.3, -0.25) is 4.79 Å². The van der Waals surface area contributed by atoms with Crippen LogP contribution in [0, 0.1) is 0 Å². The monoisotopic (exact) mass is 275 g/mol. The number of aromatic nitrogens is 2. The van der Waals surface area contributed by atoms with Crippen LogP contribution in [0.3, 0.4) is 0 Å². The number of fused-ring (bicyclic) bond motifs is 1. The van der Waals surface area contributed by atoms with Crippen molar-refractivity contribution in [1.29, 1.82) is 0 Å². The van der Waals surface area contributed by atoms with Crippen molar-refractivity contribution in [2.75, 3.05) is 18.0 Å². The first-order valence-corrected chi connectivity index (χ1v) is 6.90. The number of piperidine rings is 1. The molecule has 0 aliphatic carbocycles. The van der Waals surface area contributed by atoms with Crippen LogP contribution in [0.1, 0.15) is 19.3 Å². The second-order valence-corrected chi connectivity index (χ2v) is 5.28. The molecule has 3 heterocycles. The third-order valence-electron chi connectivity index (χ3n) is 2.98. The van der Waals surface area contributed by atoms with E-state index in [1.54, 1.807) is 6.33 Å². The van der Waals surface area contributed by atoms with Gasteiger partial charge in [0.15, 0.2) is 0 Å². The van der Waals surface area contributed by atoms with Crippen molar-refractivity contribution < 1.29 is 9.90 Å². The molecule has 98 valence electrons. The first-order chi connectivity index (χ1) is 9.26. The summed E-state index contributed by atoms with van der Waals surface area (Å²) in [6.07, 6.45) is 5.48. The molecule has 0 unspecified atom stereocenters. The molecule has 1 aliphatic rings. The normalized spacial score (nSPS) is 14.8. The molecule has 1 aliphatic heterocycles. The highest BCUT2D eigenvalue weighted by Gasteiger charge is 2.15. The van der Waals surface area contributed by atoms with Gasteiger partial charge >= 0.3 is 0 Å². The van der Waals surface area contributed by atoms with Crippen LogP contribution in [0.15, 0.2) is 12.4 Å². The number of nitrogens with zero attached hydrogens (tertiary/aromatic N) is 3. The van der Waals surface area contributed by atoms with Crippen molar-refractivity contribution in [3.8, 4) is 0 Å². The number of thiophene rings is 1. The lowest BCUT2D eigenvalue weighted by Gasteiger charge is -2.27. The van der Waals surface area contributed by atoms with Gasteiger partial charge in [0.05, 0.1) is 5.39 Å². The molecule has 19 heavy (non-hydrogen) atoms. The number of anilines is 1. The summed E-state index contributed by atoms with van der Waals surface area (Å²) in [6, 6.07) is 1.99. The Morgan fingerprint density at radius 2 is 2.00 bits per heavy atom. The number of rotatable bonds is 1. The van der Waals surface area contributed by atoms with Gasteiger partial charge < -0.3 is 10.0 Å². The van der Waals surface area contributed by atoms with Crippen LogP contribution >= 0.6 is 11.3 Å². The average Bonchev–Trinajstić information content (AvgIpc) is 2.80. The Morgan fingerprint density at radius 3 is 2.68 bits per heavy atom. The largest absolute Gasteiger partial charge is 0.483 e. The summed E-state index contributed by atoms with van der Waals surface area (Å²) in [4.78, 5) is 20.4. The lowest BCUT2D eigenvalue weighted by molar-refractivity contribution is -0.122. The molecule has 1 N–H and O–H groups in total. The van der Waals surface area contributed by atoms with Gasteiger partial charge in [0, 0.05) is 13.1 Å². The molecule has 1 fully saturated rings. The second-order valence-electron chi connectivity index (χ2n) is 4.22. The summed E-state index contributed by atoms with van der Waals surface area (Å²) in [7, 11) is 5.82. The lowest BCUT2D eigenvalue weighted by Crippen LogP contribution is -2.30. The molecule has 2 aromatic heterocycles. The van der Waals surface area contributed by atoms with E-state index in [9.17, 15) is 0 Å². The van der Waals surface area contributed by atoms with E-state index in [0.29, 0.717) is 0 Å². The average molecular weight is 275 g/mol. The van der Waals surface area contributed by atoms with Crippen LogP contribution in [0.25, 0.3) is 10.2 Å². The molecule has 7 heteroatoms. The predicted molar refractivity (Wildman–Crippen MR) is 77.6 cm³/mol. The zero-order valence-electron chi connectivity index (χ0n) is 10.5. The van der Waals surface area contributed by atoms with E-state index in [0.717, 1.165) is 33.9 Å². The van der Waals surface area contributed by atoms with Gasteiger partial charge in [-0.15, -0.1) is 11.3 Å². The fraction of sp³-hybridized carbons (Fsp3) is 0.417. The van der Waals surface area contributed by atoms with Crippen molar-refractivity contribution in [3.63, 3.8) is 0 Å². The molecule has 3 rings (SSSR count). The van der Waals surface area contributed by atoms with E-state index in [1.807, 2.05) is 6.07 Å². The fourth-order valence-electron chi connectivity index (χ4n) is 2.22. The summed E-state index contributed by atoms with van der Waals surface area (Å²) in [6.45, 7) is 1.95. The Labute approximate surface area is 116 Å². The topological polar surface area (TPSA) is 66.3 Å². The minimum atomic E-state index is -0.250. The van der Waals surface area contributed by atoms with E-state index in [-0.39, 0.29) is 6.47 Å². The number of carboxylic acid groups (broad SMARTS) is 1. The Morgan fingerprint density at radius 1 is 1.32 bits per heavy atom. The first-order valence-electron chi connectivity index (χ1n) is 6.09. The molecule has 0 spiro atoms. The summed E-state index contributed by atoms with van der Waals surface area (Å²) in [5.74, 6) is 1.05. The molecule has 0 amide bonds. The summed E-state index contributed by atoms with van der Waals surface area (Å²) < 4.78 is 0.814. The maximum Gasteiger partial charge on any atom is 0.290 e. The van der Waals surface area contributed by atoms with Gasteiger partial charge in [0.2, 0.25) is 0 Å². The zero-order valence-corrected chi connectivity index (χ0v) is 11.3. The molecule has 1 saturated heterocycles. The third kappa shape index (κ3) is 3.23. The molecular formula is C12H14BN3O2S. The first kappa shape index (κ1) is 13.8. The van der Waals surface area contributed by atoms with Crippen molar-refractivity contribution in [3.05, 3.63) is 12.4 Å². The molecule has 0 atom stereocenters. The molecule has 0 bridgehead atoms. The van der Waals surface area contributed by atoms with Crippen LogP contribution in [-0.2, 0) is 4.79 Å². The van der Waals surface area contributed by atoms with Crippen molar-refractivity contribution >= 4 is 46.5 Å². The van der Waals surface area contributed by atoms with Crippen LogP contribution in [-0.4, -0.2) is 42.5 Å². The van der Waals surface area contributed by atoms with Crippen LogP contribution in [0.4, 0.5) is 5.82 Å². The van der Waals surface area contributed by atoms with Crippen LogP contribution < -0.4 is 9.68 Å². The number of carbonyl (C=O) groups is 1. The van der Waals surface area contributed by atoms with Crippen molar-refractivity contribution in [2.24, 2.45) is 0 Å². The minimum absolute atomic E-state index is 0.250. The van der Waals surface area contributed by atoms with E-state index < -0.39 is 0 Å². The zero-order chi connectivity index (χ0) is 13.7. The van der Waals surface area contributed by atoms with Gasteiger partial charge in [0.1, 0.15) is 24.8 Å². The maximum absolute atomic E-state index is 8.36. The summed E-state index contributed by atoms with van der Waals surface area (Å²) in [5, 5.41) is 7.99. The Kier molecular flexibility index (Phi) is 4.73. The van der Waals surface area contributed by atoms with Crippen LogP contribution in [0.2, 0.25) is 0 Å². The lowest BCUT2D eigenvalue weighted by atomic mass is 10.1. The molecule has 0 aromatic carbocycles. The molecule has 0 saturated carbocycles. The fourth-order valence-corrected chi connectivity index (χ4v) is 2.98. The molecule has 2 radical (unpaired) electrons. The van der Waals surface area contributed by atoms with Crippen molar-refractivity contribution in [2.45, 2.75) is 19.3 Å². The van der Waals surface area contributed by atoms with Gasteiger partial charge in [-0.05, 0) is 30.1 Å². The summed E-state index contributed by atoms with van der Waals surface area (Å²) >= 11 is 1.53. The Bertz CT molecular complexity index is 555. The quantitative estimate of drug-likeness (QED) is 0.625. The highest BCUT2D eigenvalue weighted by atomic mass is 32.1. The van der Waals surface area contributed by atoms with Gasteiger partial charge in [-0.25, -0.2) is 9.97 Å². The molecular weight excluding hydrogens is 261 g/mol. The van der Waals surface area contributed by atoms with E-state index in [4.69, 9.17) is 17.7 Å². The van der Waals surface area contributed by atoms with Crippen LogP contribution in [0.5, 0.6) is 0 Å². The molecule has 2 aromatic rings. The van der Waals surface area contributed by atoms with Crippen molar-refractivity contribution in [1.82, 2.24) is 9.97 Å². The number of hydrogen-bond donors (Lipinski definition) is 1. The third-order valence-corrected chi connectivity index (χ3v) is 3.86. The maximum atomic E-state index is 8.36. The number of hydrogen-bond acceptors (Lipinski definition) is 5. The second kappa shape index (κ2) is 6.52. The Hall–Kier alpha value is -1.63. The van der Waals surface area contributed by atoms with E-state index in [2.05, 4.69) is 14.9 Å². The Balaban J connectivity index is 0.000000408. The highest BCUT2D eigenvalue weighted by molar-refractivity contribution is 7.25. The SMILES string of the molecule is O=CO.[B]c1cc2c(N3CCCCC3)ncnc2s1. The van der Waals surface area contributed by atoms with E-state index >= 15 is 0 Å². The van der Waals surface area contributed by atoms with Gasteiger partial charge in [-0.1, -0.05) is 0 Å². The van der Waals surface area contributed by atoms with Gasteiger partial charge in [-0.2, -0.15) is 0 Å². The van der Waals surface area contributed by atoms with E-state index in [1.165, 1.54) is 30.6 Å².